The molecule has 1 saturated heterocycles. The number of methoxy groups -OCH3 is 2. The number of aliphatic hydroxyl groups excluding tert-OH is 3. The number of aliphatic imine (C=N–C) groups is 2. The number of fused-ring (bicyclic) bond motifs is 4. The van der Waals surface area contributed by atoms with Crippen molar-refractivity contribution >= 4 is 77.4 Å². The predicted molar refractivity (Wildman–Crippen MR) is 327 cm³/mol. The molecule has 86 heavy (non-hydrogen) atoms. The SMILES string of the molecule is COc1cc2c(cc1OCc1cc(COc3cc(/N=C\C4Cc5sccc5CN4C=O)c(C)cc3OC)cc(C[N+](C)(C)Cc3ccc(OSOc4cc(C=O)ccc4OC4CC(O)C(O)C(CO)O4)cc3)c1)N=CC1Cc3sccc3CN1C2=O. The van der Waals surface area contributed by atoms with Gasteiger partial charge in [-0.25, -0.2) is 0 Å². The number of nitrogens with zero attached hydrogens (tertiary/aromatic N) is 5. The molecule has 0 bridgehead atoms. The van der Waals surface area contributed by atoms with E-state index >= 15 is 0 Å². The van der Waals surface area contributed by atoms with Gasteiger partial charge in [-0.2, -0.15) is 0 Å². The van der Waals surface area contributed by atoms with Crippen LogP contribution in [0.3, 0.4) is 0 Å². The van der Waals surface area contributed by atoms with Crippen molar-refractivity contribution in [2.24, 2.45) is 9.98 Å². The van der Waals surface area contributed by atoms with E-state index in [4.69, 9.17) is 46.8 Å². The van der Waals surface area contributed by atoms with E-state index in [-0.39, 0.29) is 49.1 Å². The van der Waals surface area contributed by atoms with E-state index in [0.29, 0.717) is 113 Å². The molecule has 0 spiro atoms. The number of carbonyl (C=O) groups is 3. The number of hydrogen-bond acceptors (Lipinski definition) is 19. The summed E-state index contributed by atoms with van der Waals surface area (Å²) in [6.07, 6.45) is 2.10. The summed E-state index contributed by atoms with van der Waals surface area (Å²) in [5.41, 5.74) is 9.02. The molecule has 2 aromatic heterocycles. The Balaban J connectivity index is 0.799. The minimum atomic E-state index is -1.27. The van der Waals surface area contributed by atoms with Crippen molar-refractivity contribution < 1.29 is 71.0 Å². The van der Waals surface area contributed by atoms with Gasteiger partial charge in [0.05, 0.1) is 70.0 Å². The van der Waals surface area contributed by atoms with E-state index in [9.17, 15) is 29.7 Å². The molecule has 5 aromatic carbocycles. The van der Waals surface area contributed by atoms with E-state index in [1.165, 1.54) is 33.5 Å². The van der Waals surface area contributed by atoms with Gasteiger partial charge < -0.3 is 66.4 Å². The van der Waals surface area contributed by atoms with Crippen LogP contribution in [-0.4, -0.2) is 132 Å². The number of ether oxygens (including phenoxy) is 6. The number of amides is 2. The molecule has 1 fully saturated rings. The van der Waals surface area contributed by atoms with Gasteiger partial charge in [0.1, 0.15) is 50.5 Å². The smallest absolute Gasteiger partial charge is 0.293 e. The number of aryl methyl sites for hydroxylation is 1. The van der Waals surface area contributed by atoms with Gasteiger partial charge in [-0.05, 0) is 130 Å². The highest BCUT2D eigenvalue weighted by Crippen LogP contribution is 2.41. The first-order valence-electron chi connectivity index (χ1n) is 28.0. The van der Waals surface area contributed by atoms with Crippen molar-refractivity contribution in [1.82, 2.24) is 9.80 Å². The largest absolute Gasteiger partial charge is 0.493 e. The molecule has 6 atom stereocenters. The number of benzene rings is 5. The summed E-state index contributed by atoms with van der Waals surface area (Å²) in [7, 11) is 7.47. The normalized spacial score (nSPS) is 19.8. The maximum absolute atomic E-state index is 14.1. The van der Waals surface area contributed by atoms with Crippen LogP contribution in [-0.2, 0) is 61.8 Å². The first-order valence-corrected chi connectivity index (χ1v) is 30.4. The summed E-state index contributed by atoms with van der Waals surface area (Å²) in [5, 5.41) is 34.3. The van der Waals surface area contributed by atoms with Crippen LogP contribution in [0.25, 0.3) is 0 Å². The molecule has 0 saturated carbocycles. The summed E-state index contributed by atoms with van der Waals surface area (Å²) in [4.78, 5) is 53.9. The molecular formula is C64H66N5O14S3+. The monoisotopic (exact) mass is 1220 g/mol. The van der Waals surface area contributed by atoms with Crippen molar-refractivity contribution in [3.63, 3.8) is 0 Å². The average molecular weight is 1230 g/mol. The van der Waals surface area contributed by atoms with E-state index < -0.39 is 31.2 Å². The molecule has 0 aliphatic carbocycles. The van der Waals surface area contributed by atoms with Crippen molar-refractivity contribution in [2.75, 3.05) is 34.9 Å². The first-order chi connectivity index (χ1) is 41.7. The van der Waals surface area contributed by atoms with E-state index in [2.05, 4.69) is 55.2 Å². The molecule has 11 rings (SSSR count). The van der Waals surface area contributed by atoms with Crippen LogP contribution in [0.4, 0.5) is 11.4 Å². The molecular weight excluding hydrogens is 1160 g/mol. The van der Waals surface area contributed by atoms with Gasteiger partial charge in [0, 0.05) is 83.4 Å². The second-order valence-corrected chi connectivity index (χ2v) is 24.7. The van der Waals surface area contributed by atoms with Gasteiger partial charge in [-0.15, -0.1) is 22.7 Å². The molecule has 448 valence electrons. The van der Waals surface area contributed by atoms with Gasteiger partial charge in [-0.1, -0.05) is 0 Å². The van der Waals surface area contributed by atoms with E-state index in [1.807, 2.05) is 60.7 Å². The van der Waals surface area contributed by atoms with Crippen LogP contribution in [0, 0.1) is 6.92 Å². The lowest BCUT2D eigenvalue weighted by Gasteiger charge is -2.36. The molecule has 0 radical (unpaired) electrons. The molecule has 7 aromatic rings. The lowest BCUT2D eigenvalue weighted by atomic mass is 10.0. The van der Waals surface area contributed by atoms with Gasteiger partial charge in [-0.3, -0.25) is 24.4 Å². The highest BCUT2D eigenvalue weighted by molar-refractivity contribution is 7.90. The maximum Gasteiger partial charge on any atom is 0.293 e. The van der Waals surface area contributed by atoms with Crippen LogP contribution < -0.4 is 32.1 Å². The Morgan fingerprint density at radius 2 is 1.45 bits per heavy atom. The second-order valence-electron chi connectivity index (χ2n) is 22.2. The standard InChI is InChI=1S/C64H66N5O14S3/c1-38-16-54(76-4)56(24-50(38)65-27-46-21-60-44(12-14-84-60)29-67(46)37-72)78-35-42-17-41(18-43(19-42)36-79-57-25-51-49(23-55(57)77-5)64(75)68-30-45-13-15-85-61(45)22-47(68)28-66-51)32-69(2,3)31-39-6-9-48(10-7-39)82-86-83-58-20-40(33-70)8-11-53(58)80-62-26-52(73)63(74)59(34-71)81-62/h6-20,23-25,27-28,33,37,46-47,52,59,62-63,71,73-74H,21-22,26,29-32,34-36H2,1-5H3/q+1/b65-27-. The Bertz CT molecular complexity index is 3660. The summed E-state index contributed by atoms with van der Waals surface area (Å²) in [6, 6.07) is 29.6. The topological polar surface area (TPSA) is 217 Å². The Hall–Kier alpha value is -7.80. The predicted octanol–water partition coefficient (Wildman–Crippen LogP) is 9.68. The minimum Gasteiger partial charge on any atom is -0.493 e. The number of thiophene rings is 2. The third kappa shape index (κ3) is 13.7. The van der Waals surface area contributed by atoms with Crippen LogP contribution in [0.2, 0.25) is 0 Å². The summed E-state index contributed by atoms with van der Waals surface area (Å²) < 4.78 is 48.9. The second kappa shape index (κ2) is 26.4. The van der Waals surface area contributed by atoms with Crippen molar-refractivity contribution in [1.29, 1.82) is 0 Å². The van der Waals surface area contributed by atoms with Crippen molar-refractivity contribution in [2.45, 2.75) is 102 Å². The molecule has 3 N–H and O–H groups in total. The zero-order valence-electron chi connectivity index (χ0n) is 48.0. The first kappa shape index (κ1) is 59.9. The minimum absolute atomic E-state index is 0.0624. The van der Waals surface area contributed by atoms with Gasteiger partial charge in [0.15, 0.2) is 34.5 Å². The fourth-order valence-corrected chi connectivity index (χ4v) is 13.4. The lowest BCUT2D eigenvalue weighted by molar-refractivity contribution is -0.916. The Morgan fingerprint density at radius 3 is 2.16 bits per heavy atom. The average Bonchev–Trinajstić information content (AvgIpc) is 4.16. The summed E-state index contributed by atoms with van der Waals surface area (Å²) >= 11 is 4.07. The summed E-state index contributed by atoms with van der Waals surface area (Å²) in [5.74, 6) is 2.67. The van der Waals surface area contributed by atoms with Crippen LogP contribution >= 0.6 is 35.0 Å². The van der Waals surface area contributed by atoms with Crippen LogP contribution in [0.5, 0.6) is 40.2 Å². The fraction of sp³-hybridized carbons (Fsp3) is 0.328. The van der Waals surface area contributed by atoms with Gasteiger partial charge in [0.2, 0.25) is 12.7 Å². The molecule has 6 heterocycles. The van der Waals surface area contributed by atoms with Gasteiger partial charge >= 0.3 is 0 Å². The Kier molecular flexibility index (Phi) is 18.4. The molecule has 4 aliphatic heterocycles. The van der Waals surface area contributed by atoms with E-state index in [0.717, 1.165) is 39.8 Å². The third-order valence-corrected chi connectivity index (χ3v) is 18.0. The zero-order valence-corrected chi connectivity index (χ0v) is 50.5. The Morgan fingerprint density at radius 1 is 0.767 bits per heavy atom. The molecule has 6 unspecified atom stereocenters. The van der Waals surface area contributed by atoms with Crippen molar-refractivity contribution in [3.8, 4) is 40.2 Å². The highest BCUT2D eigenvalue weighted by Gasteiger charge is 2.38. The number of quaternary nitrogens is 1. The zero-order chi connectivity index (χ0) is 60.1. The lowest BCUT2D eigenvalue weighted by Crippen LogP contribution is -2.51. The fourth-order valence-electron chi connectivity index (χ4n) is 11.1. The molecule has 4 aliphatic rings. The third-order valence-electron chi connectivity index (χ3n) is 15.5. The number of hydrogen-bond donors (Lipinski definition) is 3. The number of aliphatic hydroxyl groups is 3. The molecule has 2 amide bonds. The highest BCUT2D eigenvalue weighted by atomic mass is 32.2. The van der Waals surface area contributed by atoms with Crippen LogP contribution in [0.1, 0.15) is 75.8 Å². The number of aldehydes is 1. The molecule has 19 nitrogen and oxygen atoms in total. The maximum atomic E-state index is 14.1. The number of carbonyl (C=O) groups excluding carboxylic acids is 3. The summed E-state index contributed by atoms with van der Waals surface area (Å²) in [6.45, 7) is 4.09. The van der Waals surface area contributed by atoms with Crippen molar-refractivity contribution in [3.05, 3.63) is 168 Å². The quantitative estimate of drug-likeness (QED) is 0.0235. The Labute approximate surface area is 510 Å². The van der Waals surface area contributed by atoms with Gasteiger partial charge in [0.25, 0.3) is 18.2 Å². The molecule has 22 heteroatoms. The van der Waals surface area contributed by atoms with E-state index in [1.54, 1.807) is 53.9 Å². The van der Waals surface area contributed by atoms with Crippen LogP contribution in [0.15, 0.2) is 118 Å². The number of rotatable bonds is 23.